The molecule has 0 aromatic heterocycles. The van der Waals surface area contributed by atoms with Gasteiger partial charge >= 0.3 is 5.97 Å². The Morgan fingerprint density at radius 3 is 2.66 bits per heavy atom. The first-order valence-corrected chi connectivity index (χ1v) is 14.7. The van der Waals surface area contributed by atoms with Gasteiger partial charge in [-0.3, -0.25) is 14.4 Å². The van der Waals surface area contributed by atoms with E-state index in [-0.39, 0.29) is 24.4 Å². The van der Waals surface area contributed by atoms with E-state index in [1.54, 1.807) is 27.6 Å². The number of fused-ring (bicyclic) bond motifs is 2. The van der Waals surface area contributed by atoms with Crippen molar-refractivity contribution in [1.29, 1.82) is 0 Å². The van der Waals surface area contributed by atoms with Crippen molar-refractivity contribution in [3.05, 3.63) is 53.6 Å². The lowest BCUT2D eigenvalue weighted by molar-refractivity contribution is -0.154. The minimum Gasteiger partial charge on any atom is -0.465 e. The van der Waals surface area contributed by atoms with Gasteiger partial charge in [-0.1, -0.05) is 48.0 Å². The summed E-state index contributed by atoms with van der Waals surface area (Å²) in [6.45, 7) is 3.12. The molecule has 5 rings (SSSR count). The second-order valence-corrected chi connectivity index (χ2v) is 12.9. The van der Waals surface area contributed by atoms with Crippen molar-refractivity contribution in [3.63, 3.8) is 0 Å². The van der Waals surface area contributed by atoms with Gasteiger partial charge in [0.1, 0.15) is 6.04 Å². The van der Waals surface area contributed by atoms with Crippen LogP contribution in [0, 0.1) is 11.8 Å². The maximum Gasteiger partial charge on any atom is 0.311 e. The number of unbranched alkanes of at least 4 members (excludes halogenated alkanes) is 2. The second-order valence-electron chi connectivity index (χ2n) is 10.7. The number of anilines is 1. The topological polar surface area (TPSA) is 87.1 Å². The van der Waals surface area contributed by atoms with Gasteiger partial charge in [0.25, 0.3) is 5.91 Å². The Kier molecular flexibility index (Phi) is 7.94. The van der Waals surface area contributed by atoms with Gasteiger partial charge < -0.3 is 19.6 Å². The fraction of sp³-hybridized carbons (Fsp3) is 0.552. The number of ether oxygens (including phenoxy) is 1. The van der Waals surface area contributed by atoms with E-state index < -0.39 is 27.4 Å². The molecule has 4 aliphatic heterocycles. The summed E-state index contributed by atoms with van der Waals surface area (Å²) in [6, 6.07) is 6.44. The maximum atomic E-state index is 14.4. The number of hydrogen-bond acceptors (Lipinski definition) is 6. The Labute approximate surface area is 233 Å². The number of halogens is 1. The van der Waals surface area contributed by atoms with E-state index in [0.717, 1.165) is 25.7 Å². The van der Waals surface area contributed by atoms with Crippen molar-refractivity contribution >= 4 is 46.8 Å². The van der Waals surface area contributed by atoms with Crippen LogP contribution >= 0.6 is 23.4 Å². The minimum absolute atomic E-state index is 0.0837. The third-order valence-corrected chi connectivity index (χ3v) is 10.3. The molecule has 2 fully saturated rings. The van der Waals surface area contributed by atoms with Gasteiger partial charge in [0.05, 0.1) is 33.9 Å². The second kappa shape index (κ2) is 11.1. The molecule has 4 heterocycles. The molecule has 7 nitrogen and oxygen atoms in total. The van der Waals surface area contributed by atoms with Gasteiger partial charge in [-0.2, -0.15) is 0 Å². The van der Waals surface area contributed by atoms with E-state index in [9.17, 15) is 19.5 Å². The smallest absolute Gasteiger partial charge is 0.311 e. The number of aliphatic hydroxyl groups is 1. The first-order valence-electron chi connectivity index (χ1n) is 13.5. The quantitative estimate of drug-likeness (QED) is 0.317. The van der Waals surface area contributed by atoms with E-state index in [0.29, 0.717) is 43.2 Å². The normalized spacial score (nSPS) is 33.9. The van der Waals surface area contributed by atoms with Gasteiger partial charge in [-0.05, 0) is 57.6 Å². The van der Waals surface area contributed by atoms with Crippen LogP contribution in [-0.4, -0.2) is 69.6 Å². The van der Waals surface area contributed by atoms with Crippen LogP contribution < -0.4 is 4.90 Å². The van der Waals surface area contributed by atoms with Crippen LogP contribution in [0.25, 0.3) is 0 Å². The van der Waals surface area contributed by atoms with Crippen molar-refractivity contribution in [2.24, 2.45) is 11.8 Å². The van der Waals surface area contributed by atoms with Crippen molar-refractivity contribution in [2.45, 2.75) is 61.0 Å². The van der Waals surface area contributed by atoms with E-state index in [4.69, 9.17) is 16.3 Å². The molecular formula is C29H35ClN2O5S. The zero-order valence-electron chi connectivity index (χ0n) is 21.7. The van der Waals surface area contributed by atoms with Gasteiger partial charge in [-0.25, -0.2) is 0 Å². The highest BCUT2D eigenvalue weighted by Crippen LogP contribution is 2.65. The lowest BCUT2D eigenvalue weighted by atomic mass is 9.74. The summed E-state index contributed by atoms with van der Waals surface area (Å²) in [7, 11) is 0. The van der Waals surface area contributed by atoms with E-state index >= 15 is 0 Å². The summed E-state index contributed by atoms with van der Waals surface area (Å²) in [6.07, 6.45) is 12.7. The van der Waals surface area contributed by atoms with Gasteiger partial charge in [0, 0.05) is 24.4 Å². The summed E-state index contributed by atoms with van der Waals surface area (Å²) >= 11 is 8.08. The molecule has 38 heavy (non-hydrogen) atoms. The zero-order chi connectivity index (χ0) is 26.9. The molecule has 1 N–H and O–H groups in total. The Balaban J connectivity index is 1.61. The molecule has 1 spiro atoms. The average Bonchev–Trinajstić information content (AvgIpc) is 3.22. The third kappa shape index (κ3) is 4.58. The summed E-state index contributed by atoms with van der Waals surface area (Å²) in [5.74, 6) is -2.16. The number of benzene rings is 1. The number of nitrogens with zero attached hydrogens (tertiary/aromatic N) is 2. The predicted octanol–water partition coefficient (Wildman–Crippen LogP) is 4.38. The number of para-hydroxylation sites is 1. The Bertz CT molecular complexity index is 1160. The Morgan fingerprint density at radius 2 is 1.87 bits per heavy atom. The Morgan fingerprint density at radius 1 is 1.05 bits per heavy atom. The van der Waals surface area contributed by atoms with Crippen molar-refractivity contribution in [3.8, 4) is 0 Å². The monoisotopic (exact) mass is 558 g/mol. The molecule has 0 bridgehead atoms. The zero-order valence-corrected chi connectivity index (χ0v) is 23.3. The fourth-order valence-electron chi connectivity index (χ4n) is 6.49. The summed E-state index contributed by atoms with van der Waals surface area (Å²) < 4.78 is 4.11. The van der Waals surface area contributed by atoms with Gasteiger partial charge in [-0.15, -0.1) is 11.8 Å². The van der Waals surface area contributed by atoms with Crippen LogP contribution in [0.4, 0.5) is 5.69 Å². The molecule has 4 aliphatic rings. The van der Waals surface area contributed by atoms with Gasteiger partial charge in [0.15, 0.2) is 0 Å². The standard InChI is InChI=1S/C29H35ClN2O5S/c1-28-14-7-2-3-10-19-37-27(36)23(28)22-25(34)32(16-8-4-9-18-33)24-26(35)31(17-11-15-29(22,24)38-28)21-13-6-5-12-20(21)30/h5-7,11-15,22-24,33H,2-4,8-10,16-19H2,1H3/b14-7-/t22-,23+,24?,28-,29-/m0/s1. The average molecular weight is 559 g/mol. The number of rotatable bonds is 6. The van der Waals surface area contributed by atoms with Crippen LogP contribution in [0.2, 0.25) is 5.02 Å². The summed E-state index contributed by atoms with van der Waals surface area (Å²) in [5.41, 5.74) is 0.601. The molecule has 5 atom stereocenters. The lowest BCUT2D eigenvalue weighted by Crippen LogP contribution is -2.53. The number of cyclic esters (lactones) is 1. The molecule has 9 heteroatoms. The molecule has 1 aromatic carbocycles. The van der Waals surface area contributed by atoms with Crippen LogP contribution in [0.5, 0.6) is 0 Å². The number of allylic oxidation sites excluding steroid dienone is 1. The first kappa shape index (κ1) is 27.3. The van der Waals surface area contributed by atoms with Crippen LogP contribution in [0.1, 0.15) is 45.4 Å². The number of esters is 1. The molecule has 0 aliphatic carbocycles. The van der Waals surface area contributed by atoms with Crippen LogP contribution in [0.3, 0.4) is 0 Å². The molecule has 0 radical (unpaired) electrons. The van der Waals surface area contributed by atoms with Gasteiger partial charge in [0.2, 0.25) is 5.91 Å². The molecule has 1 aromatic rings. The third-order valence-electron chi connectivity index (χ3n) is 8.20. The fourth-order valence-corrected chi connectivity index (χ4v) is 8.89. The van der Waals surface area contributed by atoms with Crippen LogP contribution in [-0.2, 0) is 19.1 Å². The highest BCUT2D eigenvalue weighted by Gasteiger charge is 2.73. The number of hydrogen-bond donors (Lipinski definition) is 1. The maximum absolute atomic E-state index is 14.4. The molecular weight excluding hydrogens is 524 g/mol. The molecule has 2 saturated heterocycles. The van der Waals surface area contributed by atoms with Crippen molar-refractivity contribution in [1.82, 2.24) is 4.90 Å². The largest absolute Gasteiger partial charge is 0.465 e. The van der Waals surface area contributed by atoms with Crippen molar-refractivity contribution < 1.29 is 24.2 Å². The minimum atomic E-state index is -0.919. The molecule has 0 saturated carbocycles. The molecule has 204 valence electrons. The summed E-state index contributed by atoms with van der Waals surface area (Å²) in [4.78, 5) is 45.6. The summed E-state index contributed by atoms with van der Waals surface area (Å²) in [5, 5.41) is 9.71. The number of aliphatic hydroxyl groups excluding tert-OH is 1. The first-order chi connectivity index (χ1) is 18.3. The van der Waals surface area contributed by atoms with Crippen LogP contribution in [0.15, 0.2) is 48.6 Å². The number of likely N-dealkylation sites (tertiary alicyclic amines) is 1. The molecule has 2 amide bonds. The lowest BCUT2D eigenvalue weighted by Gasteiger charge is -2.37. The van der Waals surface area contributed by atoms with E-state index in [1.165, 1.54) is 0 Å². The number of amides is 2. The Hall–Kier alpha value is -2.29. The van der Waals surface area contributed by atoms with E-state index in [2.05, 4.69) is 12.2 Å². The van der Waals surface area contributed by atoms with E-state index in [1.807, 2.05) is 37.3 Å². The number of carbonyl (C=O) groups excluding carboxylic acids is 3. The predicted molar refractivity (Wildman–Crippen MR) is 149 cm³/mol. The number of carbonyl (C=O) groups is 3. The molecule has 1 unspecified atom stereocenters. The highest BCUT2D eigenvalue weighted by molar-refractivity contribution is 8.02. The SMILES string of the molecule is C[C@]12/C=C\CCCCOC(=O)[C@H]1[C@H]1C(=O)N(CCCCCO)C3C(=O)N(c4ccccc4Cl)CC=C[C@@]31S2. The van der Waals surface area contributed by atoms with Crippen molar-refractivity contribution in [2.75, 3.05) is 31.2 Å². The highest BCUT2D eigenvalue weighted by atomic mass is 35.5. The number of thioether (sulfide) groups is 1.